The van der Waals surface area contributed by atoms with E-state index < -0.39 is 0 Å². The first kappa shape index (κ1) is 14.4. The maximum atomic E-state index is 12.0. The molecule has 0 aliphatic rings. The third kappa shape index (κ3) is 2.92. The number of carbonyl (C=O) groups is 1. The largest absolute Gasteiger partial charge is 0.461 e. The summed E-state index contributed by atoms with van der Waals surface area (Å²) in [5.74, 6) is -0.279. The predicted molar refractivity (Wildman–Crippen MR) is 76.8 cm³/mol. The first-order valence-electron chi connectivity index (χ1n) is 6.89. The molecule has 0 aromatic carbocycles. The zero-order valence-corrected chi connectivity index (χ0v) is 12.5. The molecular formula is C15H21N3O2. The van der Waals surface area contributed by atoms with E-state index in [4.69, 9.17) is 4.74 Å². The van der Waals surface area contributed by atoms with Crippen molar-refractivity contribution in [3.05, 3.63) is 41.5 Å². The van der Waals surface area contributed by atoms with E-state index in [2.05, 4.69) is 18.9 Å². The van der Waals surface area contributed by atoms with Gasteiger partial charge in [-0.2, -0.15) is 5.10 Å². The molecular weight excluding hydrogens is 254 g/mol. The summed E-state index contributed by atoms with van der Waals surface area (Å²) in [7, 11) is 0. The van der Waals surface area contributed by atoms with Gasteiger partial charge in [-0.05, 0) is 45.4 Å². The summed E-state index contributed by atoms with van der Waals surface area (Å²) >= 11 is 0. The van der Waals surface area contributed by atoms with Gasteiger partial charge in [-0.15, -0.1) is 0 Å². The van der Waals surface area contributed by atoms with Gasteiger partial charge < -0.3 is 9.30 Å². The highest BCUT2D eigenvalue weighted by Crippen LogP contribution is 2.14. The van der Waals surface area contributed by atoms with Gasteiger partial charge >= 0.3 is 5.97 Å². The lowest BCUT2D eigenvalue weighted by molar-refractivity contribution is 0.0513. The van der Waals surface area contributed by atoms with E-state index in [0.29, 0.717) is 24.9 Å². The van der Waals surface area contributed by atoms with E-state index in [0.717, 1.165) is 11.3 Å². The Morgan fingerprint density at radius 1 is 1.35 bits per heavy atom. The normalized spacial score (nSPS) is 11.1. The van der Waals surface area contributed by atoms with Crippen molar-refractivity contribution in [2.45, 2.75) is 40.3 Å². The molecule has 20 heavy (non-hydrogen) atoms. The number of hydrogen-bond acceptors (Lipinski definition) is 3. The molecule has 0 N–H and O–H groups in total. The van der Waals surface area contributed by atoms with E-state index in [1.165, 1.54) is 0 Å². The molecule has 0 saturated heterocycles. The van der Waals surface area contributed by atoms with Gasteiger partial charge in [0.15, 0.2) is 0 Å². The maximum absolute atomic E-state index is 12.0. The first-order valence-corrected chi connectivity index (χ1v) is 6.89. The molecule has 2 heterocycles. The van der Waals surface area contributed by atoms with Gasteiger partial charge in [0, 0.05) is 18.4 Å². The number of aryl methyl sites for hydroxylation is 1. The molecule has 2 aromatic heterocycles. The van der Waals surface area contributed by atoms with Gasteiger partial charge in [-0.1, -0.05) is 0 Å². The zero-order chi connectivity index (χ0) is 14.7. The minimum atomic E-state index is -0.279. The molecule has 0 spiro atoms. The van der Waals surface area contributed by atoms with Crippen LogP contribution < -0.4 is 0 Å². The van der Waals surface area contributed by atoms with Crippen molar-refractivity contribution < 1.29 is 9.53 Å². The van der Waals surface area contributed by atoms with E-state index in [-0.39, 0.29) is 5.97 Å². The second kappa shape index (κ2) is 5.94. The first-order chi connectivity index (χ1) is 9.52. The quantitative estimate of drug-likeness (QED) is 0.788. The maximum Gasteiger partial charge on any atom is 0.355 e. The Balaban J connectivity index is 2.22. The Morgan fingerprint density at radius 2 is 2.10 bits per heavy atom. The van der Waals surface area contributed by atoms with Crippen LogP contribution in [0.2, 0.25) is 0 Å². The molecule has 0 bridgehead atoms. The number of rotatable bonds is 5. The van der Waals surface area contributed by atoms with Crippen molar-refractivity contribution in [2.24, 2.45) is 0 Å². The molecule has 0 aliphatic carbocycles. The van der Waals surface area contributed by atoms with Crippen molar-refractivity contribution in [3.63, 3.8) is 0 Å². The Morgan fingerprint density at radius 3 is 2.70 bits per heavy atom. The van der Waals surface area contributed by atoms with E-state index in [1.54, 1.807) is 0 Å². The number of nitrogens with zero attached hydrogens (tertiary/aromatic N) is 3. The van der Waals surface area contributed by atoms with Crippen LogP contribution in [0.1, 0.15) is 48.6 Å². The molecule has 5 nitrogen and oxygen atoms in total. The number of carbonyl (C=O) groups excluding carboxylic acids is 1. The fourth-order valence-corrected chi connectivity index (χ4v) is 2.12. The van der Waals surface area contributed by atoms with Gasteiger partial charge in [-0.3, -0.25) is 4.68 Å². The number of esters is 1. The van der Waals surface area contributed by atoms with Crippen molar-refractivity contribution in [2.75, 3.05) is 6.61 Å². The summed E-state index contributed by atoms with van der Waals surface area (Å²) < 4.78 is 8.91. The standard InChI is InChI=1S/C15H21N3O2/c1-5-20-15(19)14-12(4)6-8-17(14)10-13-7-9-18(16-13)11(2)3/h6-9,11H,5,10H2,1-4H3. The smallest absolute Gasteiger partial charge is 0.355 e. The summed E-state index contributed by atoms with van der Waals surface area (Å²) in [6.45, 7) is 8.84. The van der Waals surface area contributed by atoms with Crippen LogP contribution in [0.5, 0.6) is 0 Å². The van der Waals surface area contributed by atoms with Gasteiger partial charge in [0.05, 0.1) is 18.8 Å². The molecule has 0 aliphatic heterocycles. The summed E-state index contributed by atoms with van der Waals surface area (Å²) in [6.07, 6.45) is 3.86. The lowest BCUT2D eigenvalue weighted by Gasteiger charge is -2.08. The monoisotopic (exact) mass is 275 g/mol. The molecule has 2 rings (SSSR count). The van der Waals surface area contributed by atoms with E-state index in [1.807, 2.05) is 47.6 Å². The second-order valence-electron chi connectivity index (χ2n) is 5.08. The van der Waals surface area contributed by atoms with E-state index in [9.17, 15) is 4.79 Å². The Labute approximate surface area is 119 Å². The van der Waals surface area contributed by atoms with Crippen LogP contribution >= 0.6 is 0 Å². The van der Waals surface area contributed by atoms with Crippen LogP contribution in [-0.4, -0.2) is 26.9 Å². The molecule has 0 unspecified atom stereocenters. The molecule has 5 heteroatoms. The summed E-state index contributed by atoms with van der Waals surface area (Å²) in [5, 5.41) is 4.50. The SMILES string of the molecule is CCOC(=O)c1c(C)ccn1Cc1ccn(C(C)C)n1. The molecule has 0 amide bonds. The minimum absolute atomic E-state index is 0.279. The molecule has 2 aromatic rings. The van der Waals surface area contributed by atoms with Gasteiger partial charge in [0.1, 0.15) is 5.69 Å². The van der Waals surface area contributed by atoms with Gasteiger partial charge in [0.2, 0.25) is 0 Å². The van der Waals surface area contributed by atoms with Crippen molar-refractivity contribution >= 4 is 5.97 Å². The summed E-state index contributed by atoms with van der Waals surface area (Å²) in [6, 6.07) is 4.23. The predicted octanol–water partition coefficient (Wildman–Crippen LogP) is 2.80. The number of hydrogen-bond donors (Lipinski definition) is 0. The average Bonchev–Trinajstić information content (AvgIpc) is 2.98. The van der Waals surface area contributed by atoms with Gasteiger partial charge in [0.25, 0.3) is 0 Å². The van der Waals surface area contributed by atoms with Gasteiger partial charge in [-0.25, -0.2) is 4.79 Å². The summed E-state index contributed by atoms with van der Waals surface area (Å²) in [4.78, 5) is 12.0. The van der Waals surface area contributed by atoms with Crippen LogP contribution in [0, 0.1) is 6.92 Å². The van der Waals surface area contributed by atoms with Crippen LogP contribution in [0.25, 0.3) is 0 Å². The van der Waals surface area contributed by atoms with Crippen molar-refractivity contribution in [3.8, 4) is 0 Å². The third-order valence-electron chi connectivity index (χ3n) is 3.16. The molecule has 108 valence electrons. The highest BCUT2D eigenvalue weighted by atomic mass is 16.5. The highest BCUT2D eigenvalue weighted by molar-refractivity contribution is 5.89. The Kier molecular flexibility index (Phi) is 4.27. The van der Waals surface area contributed by atoms with Crippen molar-refractivity contribution in [1.82, 2.24) is 14.3 Å². The van der Waals surface area contributed by atoms with Crippen molar-refractivity contribution in [1.29, 1.82) is 0 Å². The Hall–Kier alpha value is -2.04. The average molecular weight is 275 g/mol. The lowest BCUT2D eigenvalue weighted by Crippen LogP contribution is -2.14. The van der Waals surface area contributed by atoms with Crippen LogP contribution in [-0.2, 0) is 11.3 Å². The Bertz CT molecular complexity index is 596. The summed E-state index contributed by atoms with van der Waals surface area (Å²) in [5.41, 5.74) is 2.46. The number of aromatic nitrogens is 3. The van der Waals surface area contributed by atoms with Crippen LogP contribution in [0.3, 0.4) is 0 Å². The topological polar surface area (TPSA) is 49.0 Å². The molecule has 0 radical (unpaired) electrons. The van der Waals surface area contributed by atoms with Crippen LogP contribution in [0.15, 0.2) is 24.5 Å². The van der Waals surface area contributed by atoms with Crippen LogP contribution in [0.4, 0.5) is 0 Å². The third-order valence-corrected chi connectivity index (χ3v) is 3.16. The van der Waals surface area contributed by atoms with E-state index >= 15 is 0 Å². The molecule has 0 atom stereocenters. The molecule has 0 saturated carbocycles. The second-order valence-corrected chi connectivity index (χ2v) is 5.08. The fraction of sp³-hybridized carbons (Fsp3) is 0.467. The fourth-order valence-electron chi connectivity index (χ4n) is 2.12. The molecule has 0 fully saturated rings. The minimum Gasteiger partial charge on any atom is -0.461 e. The highest BCUT2D eigenvalue weighted by Gasteiger charge is 2.16. The lowest BCUT2D eigenvalue weighted by atomic mass is 10.2. The zero-order valence-electron chi connectivity index (χ0n) is 12.5. The number of ether oxygens (including phenoxy) is 1.